The third kappa shape index (κ3) is 3.92. The standard InChI is InChI=1S/C15H16BrFN2O2/c1-20-14-5-6-19-13(15(14)21-2)9-18-8-10-7-11(16)3-4-12(10)17/h3-7,18H,8-9H2,1-2H3. The van der Waals surface area contributed by atoms with Crippen LogP contribution in [0.3, 0.4) is 0 Å². The van der Waals surface area contributed by atoms with Crippen LogP contribution in [0.5, 0.6) is 11.5 Å². The van der Waals surface area contributed by atoms with Gasteiger partial charge in [0.2, 0.25) is 0 Å². The molecule has 1 heterocycles. The lowest BCUT2D eigenvalue weighted by Gasteiger charge is -2.12. The summed E-state index contributed by atoms with van der Waals surface area (Å²) in [7, 11) is 3.14. The molecular formula is C15H16BrFN2O2. The third-order valence-electron chi connectivity index (χ3n) is 2.98. The van der Waals surface area contributed by atoms with Gasteiger partial charge in [-0.3, -0.25) is 4.98 Å². The van der Waals surface area contributed by atoms with E-state index in [0.717, 1.165) is 4.47 Å². The summed E-state index contributed by atoms with van der Waals surface area (Å²) in [5.74, 6) is 0.969. The number of nitrogens with zero attached hydrogens (tertiary/aromatic N) is 1. The van der Waals surface area contributed by atoms with Crippen LogP contribution in [0.15, 0.2) is 34.9 Å². The molecule has 0 saturated heterocycles. The van der Waals surface area contributed by atoms with E-state index in [0.29, 0.717) is 35.8 Å². The topological polar surface area (TPSA) is 43.4 Å². The first-order valence-electron chi connectivity index (χ1n) is 6.36. The highest BCUT2D eigenvalue weighted by atomic mass is 79.9. The van der Waals surface area contributed by atoms with Gasteiger partial charge in [0, 0.05) is 35.4 Å². The van der Waals surface area contributed by atoms with Crippen LogP contribution in [-0.2, 0) is 13.1 Å². The van der Waals surface area contributed by atoms with Crippen molar-refractivity contribution in [3.8, 4) is 11.5 Å². The molecule has 2 aromatic rings. The van der Waals surface area contributed by atoms with Crippen LogP contribution < -0.4 is 14.8 Å². The highest BCUT2D eigenvalue weighted by Crippen LogP contribution is 2.28. The fourth-order valence-corrected chi connectivity index (χ4v) is 2.38. The van der Waals surface area contributed by atoms with E-state index < -0.39 is 0 Å². The molecule has 1 aromatic carbocycles. The first kappa shape index (κ1) is 15.7. The molecule has 21 heavy (non-hydrogen) atoms. The minimum Gasteiger partial charge on any atom is -0.493 e. The summed E-state index contributed by atoms with van der Waals surface area (Å²) in [5.41, 5.74) is 1.30. The van der Waals surface area contributed by atoms with Gasteiger partial charge in [0.15, 0.2) is 11.5 Å². The Hall–Kier alpha value is -1.66. The van der Waals surface area contributed by atoms with Crippen molar-refractivity contribution in [2.45, 2.75) is 13.1 Å². The molecule has 1 N–H and O–H groups in total. The summed E-state index contributed by atoms with van der Waals surface area (Å²) < 4.78 is 25.0. The number of aromatic nitrogens is 1. The number of ether oxygens (including phenoxy) is 2. The molecule has 0 atom stereocenters. The van der Waals surface area contributed by atoms with Gasteiger partial charge in [-0.2, -0.15) is 0 Å². The van der Waals surface area contributed by atoms with E-state index >= 15 is 0 Å². The van der Waals surface area contributed by atoms with Crippen LogP contribution in [0.25, 0.3) is 0 Å². The fourth-order valence-electron chi connectivity index (χ4n) is 1.97. The Morgan fingerprint density at radius 1 is 1.19 bits per heavy atom. The Morgan fingerprint density at radius 3 is 2.71 bits per heavy atom. The van der Waals surface area contributed by atoms with Gasteiger partial charge in [0.1, 0.15) is 5.82 Å². The lowest BCUT2D eigenvalue weighted by molar-refractivity contribution is 0.348. The van der Waals surface area contributed by atoms with Crippen molar-refractivity contribution < 1.29 is 13.9 Å². The highest BCUT2D eigenvalue weighted by molar-refractivity contribution is 9.10. The van der Waals surface area contributed by atoms with Crippen molar-refractivity contribution in [2.75, 3.05) is 14.2 Å². The van der Waals surface area contributed by atoms with Gasteiger partial charge in [-0.05, 0) is 18.2 Å². The Balaban J connectivity index is 2.05. The van der Waals surface area contributed by atoms with Crippen molar-refractivity contribution in [3.05, 3.63) is 52.0 Å². The molecule has 2 rings (SSSR count). The summed E-state index contributed by atoms with van der Waals surface area (Å²) in [6.07, 6.45) is 1.65. The van der Waals surface area contributed by atoms with Crippen LogP contribution in [0, 0.1) is 5.82 Å². The van der Waals surface area contributed by atoms with Crippen LogP contribution in [0.4, 0.5) is 4.39 Å². The maximum absolute atomic E-state index is 13.6. The van der Waals surface area contributed by atoms with Gasteiger partial charge >= 0.3 is 0 Å². The van der Waals surface area contributed by atoms with Crippen LogP contribution in [-0.4, -0.2) is 19.2 Å². The first-order chi connectivity index (χ1) is 10.2. The van der Waals surface area contributed by atoms with E-state index in [9.17, 15) is 4.39 Å². The molecule has 0 radical (unpaired) electrons. The zero-order valence-corrected chi connectivity index (χ0v) is 13.4. The molecule has 1 aromatic heterocycles. The predicted molar refractivity (Wildman–Crippen MR) is 82.0 cm³/mol. The van der Waals surface area contributed by atoms with E-state index in [1.165, 1.54) is 6.07 Å². The summed E-state index contributed by atoms with van der Waals surface area (Å²) in [4.78, 5) is 4.26. The maximum Gasteiger partial charge on any atom is 0.183 e. The lowest BCUT2D eigenvalue weighted by Crippen LogP contribution is -2.15. The molecule has 4 nitrogen and oxygen atoms in total. The average Bonchev–Trinajstić information content (AvgIpc) is 2.50. The molecule has 0 fully saturated rings. The first-order valence-corrected chi connectivity index (χ1v) is 7.15. The lowest BCUT2D eigenvalue weighted by atomic mass is 10.2. The Morgan fingerprint density at radius 2 is 2.00 bits per heavy atom. The van der Waals surface area contributed by atoms with Crippen molar-refractivity contribution in [1.29, 1.82) is 0 Å². The number of hydrogen-bond acceptors (Lipinski definition) is 4. The number of rotatable bonds is 6. The maximum atomic E-state index is 13.6. The number of pyridine rings is 1. The van der Waals surface area contributed by atoms with E-state index in [1.54, 1.807) is 38.6 Å². The second kappa shape index (κ2) is 7.38. The predicted octanol–water partition coefficient (Wildman–Crippen LogP) is 3.29. The molecule has 112 valence electrons. The van der Waals surface area contributed by atoms with Crippen molar-refractivity contribution in [3.63, 3.8) is 0 Å². The Labute approximate surface area is 131 Å². The largest absolute Gasteiger partial charge is 0.493 e. The molecule has 0 aliphatic rings. The number of methoxy groups -OCH3 is 2. The fraction of sp³-hybridized carbons (Fsp3) is 0.267. The average molecular weight is 355 g/mol. The number of halogens is 2. The van der Waals surface area contributed by atoms with E-state index in [-0.39, 0.29) is 5.82 Å². The van der Waals surface area contributed by atoms with Gasteiger partial charge < -0.3 is 14.8 Å². The zero-order valence-electron chi connectivity index (χ0n) is 11.8. The molecule has 0 unspecified atom stereocenters. The molecule has 0 spiro atoms. The van der Waals surface area contributed by atoms with Gasteiger partial charge in [0.05, 0.1) is 19.9 Å². The molecule has 0 aliphatic heterocycles. The second-order valence-corrected chi connectivity index (χ2v) is 5.25. The number of benzene rings is 1. The van der Waals surface area contributed by atoms with Crippen LogP contribution in [0.2, 0.25) is 0 Å². The molecule has 0 saturated carbocycles. The monoisotopic (exact) mass is 354 g/mol. The Kier molecular flexibility index (Phi) is 5.52. The minimum atomic E-state index is -0.240. The number of hydrogen-bond donors (Lipinski definition) is 1. The smallest absolute Gasteiger partial charge is 0.183 e. The van der Waals surface area contributed by atoms with Crippen LogP contribution in [0.1, 0.15) is 11.3 Å². The zero-order chi connectivity index (χ0) is 15.2. The van der Waals surface area contributed by atoms with Gasteiger partial charge in [0.25, 0.3) is 0 Å². The Bertz CT molecular complexity index is 623. The van der Waals surface area contributed by atoms with Crippen molar-refractivity contribution >= 4 is 15.9 Å². The number of nitrogens with one attached hydrogen (secondary N) is 1. The molecular weight excluding hydrogens is 339 g/mol. The second-order valence-electron chi connectivity index (χ2n) is 4.33. The van der Waals surface area contributed by atoms with E-state index in [2.05, 4.69) is 26.2 Å². The summed E-state index contributed by atoms with van der Waals surface area (Å²) in [6.45, 7) is 0.847. The van der Waals surface area contributed by atoms with Gasteiger partial charge in [-0.1, -0.05) is 15.9 Å². The van der Waals surface area contributed by atoms with E-state index in [1.807, 2.05) is 0 Å². The highest BCUT2D eigenvalue weighted by Gasteiger charge is 2.11. The van der Waals surface area contributed by atoms with Crippen molar-refractivity contribution in [1.82, 2.24) is 10.3 Å². The van der Waals surface area contributed by atoms with Crippen molar-refractivity contribution in [2.24, 2.45) is 0 Å². The summed E-state index contributed by atoms with van der Waals surface area (Å²) >= 11 is 3.33. The molecule has 6 heteroatoms. The summed E-state index contributed by atoms with van der Waals surface area (Å²) in [6, 6.07) is 6.59. The van der Waals surface area contributed by atoms with Crippen LogP contribution >= 0.6 is 15.9 Å². The minimum absolute atomic E-state index is 0.240. The molecule has 0 aliphatic carbocycles. The SMILES string of the molecule is COc1ccnc(CNCc2cc(Br)ccc2F)c1OC. The quantitative estimate of drug-likeness (QED) is 0.864. The van der Waals surface area contributed by atoms with Gasteiger partial charge in [-0.15, -0.1) is 0 Å². The van der Waals surface area contributed by atoms with E-state index in [4.69, 9.17) is 9.47 Å². The third-order valence-corrected chi connectivity index (χ3v) is 3.48. The normalized spacial score (nSPS) is 10.5. The molecule has 0 bridgehead atoms. The molecule has 0 amide bonds. The van der Waals surface area contributed by atoms with Gasteiger partial charge in [-0.25, -0.2) is 4.39 Å². The summed E-state index contributed by atoms with van der Waals surface area (Å²) in [5, 5.41) is 3.15.